The summed E-state index contributed by atoms with van der Waals surface area (Å²) in [5.41, 5.74) is -6.69. The molecule has 0 radical (unpaired) electrons. The van der Waals surface area contributed by atoms with Gasteiger partial charge in [0.25, 0.3) is 10.0 Å². The molecular formula is C8H7F4NO4S2. The van der Waals surface area contributed by atoms with E-state index in [0.29, 0.717) is 0 Å². The van der Waals surface area contributed by atoms with Gasteiger partial charge in [-0.3, -0.25) is 0 Å². The van der Waals surface area contributed by atoms with Gasteiger partial charge in [0.1, 0.15) is 0 Å². The molecule has 0 N–H and O–H groups in total. The lowest BCUT2D eigenvalue weighted by atomic mass is 10.3. The number of halogens is 4. The summed E-state index contributed by atoms with van der Waals surface area (Å²) in [5, 5.41) is 0. The zero-order valence-corrected chi connectivity index (χ0v) is 10.6. The quantitative estimate of drug-likeness (QED) is 0.790. The van der Waals surface area contributed by atoms with Gasteiger partial charge in [-0.1, -0.05) is 18.2 Å². The molecule has 5 nitrogen and oxygen atoms in total. The SMILES string of the molecule is O=S(=O)(CF)N(c1ccccc1)S(=O)(=O)C(F)(F)F. The van der Waals surface area contributed by atoms with Crippen LogP contribution in [0.4, 0.5) is 23.2 Å². The van der Waals surface area contributed by atoms with Crippen LogP contribution in [-0.4, -0.2) is 28.4 Å². The van der Waals surface area contributed by atoms with E-state index in [0.717, 1.165) is 24.3 Å². The highest BCUT2D eigenvalue weighted by Gasteiger charge is 2.54. The van der Waals surface area contributed by atoms with Crippen molar-refractivity contribution in [3.8, 4) is 0 Å². The molecule has 1 aromatic carbocycles. The number of hydrogen-bond acceptors (Lipinski definition) is 4. The van der Waals surface area contributed by atoms with E-state index in [1.54, 1.807) is 0 Å². The number of anilines is 1. The molecule has 0 aliphatic heterocycles. The highest BCUT2D eigenvalue weighted by atomic mass is 32.3. The molecule has 0 spiro atoms. The number of sulfonamides is 2. The molecule has 19 heavy (non-hydrogen) atoms. The summed E-state index contributed by atoms with van der Waals surface area (Å²) in [4.78, 5) is 0. The van der Waals surface area contributed by atoms with Crippen molar-refractivity contribution in [3.63, 3.8) is 0 Å². The Labute approximate surface area is 106 Å². The molecule has 0 unspecified atom stereocenters. The van der Waals surface area contributed by atoms with Crippen LogP contribution in [0.3, 0.4) is 0 Å². The van der Waals surface area contributed by atoms with Crippen LogP contribution < -0.4 is 3.71 Å². The maximum Gasteiger partial charge on any atom is 0.517 e. The van der Waals surface area contributed by atoms with Crippen LogP contribution in [0, 0.1) is 0 Å². The Balaban J connectivity index is 3.58. The van der Waals surface area contributed by atoms with Crippen molar-refractivity contribution in [1.82, 2.24) is 0 Å². The molecule has 0 atom stereocenters. The van der Waals surface area contributed by atoms with Gasteiger partial charge in [-0.05, 0) is 12.1 Å². The Bertz CT molecular complexity index is 639. The molecule has 0 aliphatic rings. The number of rotatable bonds is 4. The maximum atomic E-state index is 12.4. The minimum Gasteiger partial charge on any atom is -0.232 e. The van der Waals surface area contributed by atoms with E-state index in [9.17, 15) is 34.4 Å². The Morgan fingerprint density at radius 1 is 1.00 bits per heavy atom. The van der Waals surface area contributed by atoms with Gasteiger partial charge in [-0.25, -0.2) is 12.8 Å². The minimum atomic E-state index is -6.26. The van der Waals surface area contributed by atoms with E-state index in [1.165, 1.54) is 6.07 Å². The predicted octanol–water partition coefficient (Wildman–Crippen LogP) is 1.60. The van der Waals surface area contributed by atoms with Gasteiger partial charge in [-0.15, -0.1) is 0 Å². The van der Waals surface area contributed by atoms with Crippen LogP contribution in [0.2, 0.25) is 0 Å². The Morgan fingerprint density at radius 2 is 1.47 bits per heavy atom. The van der Waals surface area contributed by atoms with Gasteiger partial charge in [-0.2, -0.15) is 25.3 Å². The second-order valence-corrected chi connectivity index (χ2v) is 6.96. The van der Waals surface area contributed by atoms with E-state index in [2.05, 4.69) is 0 Å². The average molecular weight is 321 g/mol. The lowest BCUT2D eigenvalue weighted by Gasteiger charge is -2.23. The van der Waals surface area contributed by atoms with Crippen molar-refractivity contribution in [1.29, 1.82) is 0 Å². The van der Waals surface area contributed by atoms with Crippen molar-refractivity contribution >= 4 is 25.7 Å². The second kappa shape index (κ2) is 4.96. The monoisotopic (exact) mass is 321 g/mol. The van der Waals surface area contributed by atoms with Crippen molar-refractivity contribution in [2.45, 2.75) is 5.51 Å². The first-order valence-electron chi connectivity index (χ1n) is 4.49. The Kier molecular flexibility index (Phi) is 4.10. The fraction of sp³-hybridized carbons (Fsp3) is 0.250. The van der Waals surface area contributed by atoms with Crippen LogP contribution in [0.15, 0.2) is 30.3 Å². The topological polar surface area (TPSA) is 71.5 Å². The number of nitrogens with zero attached hydrogens (tertiary/aromatic N) is 1. The molecule has 0 saturated heterocycles. The highest BCUT2D eigenvalue weighted by molar-refractivity contribution is 8.10. The molecule has 0 saturated carbocycles. The first kappa shape index (κ1) is 15.7. The maximum absolute atomic E-state index is 12.4. The van der Waals surface area contributed by atoms with Gasteiger partial charge in [0, 0.05) is 0 Å². The van der Waals surface area contributed by atoms with Crippen molar-refractivity contribution in [2.75, 3.05) is 9.72 Å². The predicted molar refractivity (Wildman–Crippen MR) is 58.8 cm³/mol. The van der Waals surface area contributed by atoms with Crippen molar-refractivity contribution in [2.24, 2.45) is 0 Å². The lowest BCUT2D eigenvalue weighted by molar-refractivity contribution is -0.0434. The van der Waals surface area contributed by atoms with Gasteiger partial charge < -0.3 is 0 Å². The summed E-state index contributed by atoms with van der Waals surface area (Å²) >= 11 is 0. The van der Waals surface area contributed by atoms with Crippen LogP contribution >= 0.6 is 0 Å². The highest BCUT2D eigenvalue weighted by Crippen LogP contribution is 2.33. The summed E-state index contributed by atoms with van der Waals surface area (Å²) in [5.74, 6) is 0. The van der Waals surface area contributed by atoms with Crippen LogP contribution in [0.1, 0.15) is 0 Å². The third-order valence-corrected chi connectivity index (χ3v) is 5.36. The largest absolute Gasteiger partial charge is 0.517 e. The van der Waals surface area contributed by atoms with E-state index in [1.807, 2.05) is 0 Å². The molecule has 1 rings (SSSR count). The number of benzene rings is 1. The molecule has 0 bridgehead atoms. The van der Waals surface area contributed by atoms with Crippen LogP contribution in [0.5, 0.6) is 0 Å². The number of alkyl halides is 4. The van der Waals surface area contributed by atoms with Gasteiger partial charge >= 0.3 is 15.5 Å². The molecule has 1 aromatic rings. The molecule has 0 amide bonds. The summed E-state index contributed by atoms with van der Waals surface area (Å²) in [6.07, 6.45) is 0. The normalized spacial score (nSPS) is 13.3. The summed E-state index contributed by atoms with van der Waals surface area (Å²) in [7, 11) is -11.6. The van der Waals surface area contributed by atoms with Crippen molar-refractivity contribution in [3.05, 3.63) is 30.3 Å². The van der Waals surface area contributed by atoms with Gasteiger partial charge in [0.05, 0.1) is 5.69 Å². The zero-order valence-electron chi connectivity index (χ0n) is 9.00. The third-order valence-electron chi connectivity index (χ3n) is 1.87. The van der Waals surface area contributed by atoms with Gasteiger partial charge in [0.15, 0.2) is 0 Å². The number of para-hydroxylation sites is 1. The minimum absolute atomic E-state index is 0.802. The van der Waals surface area contributed by atoms with E-state index in [-0.39, 0.29) is 0 Å². The van der Waals surface area contributed by atoms with E-state index in [4.69, 9.17) is 0 Å². The fourth-order valence-corrected chi connectivity index (χ4v) is 3.82. The van der Waals surface area contributed by atoms with Crippen LogP contribution in [0.25, 0.3) is 0 Å². The zero-order chi connectivity index (χ0) is 14.9. The van der Waals surface area contributed by atoms with E-state index < -0.39 is 41.0 Å². The molecule has 0 heterocycles. The first-order valence-corrected chi connectivity index (χ1v) is 7.54. The average Bonchev–Trinajstić information content (AvgIpc) is 2.28. The Hall–Kier alpha value is -1.36. The molecule has 0 aromatic heterocycles. The summed E-state index contributed by atoms with van der Waals surface area (Å²) in [6, 6.07) is 2.87. The number of hydrogen-bond donors (Lipinski definition) is 0. The van der Waals surface area contributed by atoms with E-state index >= 15 is 0 Å². The molecule has 11 heteroatoms. The smallest absolute Gasteiger partial charge is 0.232 e. The van der Waals surface area contributed by atoms with Crippen LogP contribution in [-0.2, 0) is 20.0 Å². The molecule has 108 valence electrons. The van der Waals surface area contributed by atoms with Crippen molar-refractivity contribution < 1.29 is 34.4 Å². The summed E-state index contributed by atoms with van der Waals surface area (Å²) in [6.45, 7) is 0. The second-order valence-electron chi connectivity index (χ2n) is 3.20. The summed E-state index contributed by atoms with van der Waals surface area (Å²) < 4.78 is 93.6. The standard InChI is InChI=1S/C8H7F4NO4S2/c9-6-18(14,15)13(7-4-2-1-3-5-7)19(16,17)8(10,11)12/h1-5H,6H2. The van der Waals surface area contributed by atoms with Gasteiger partial charge in [0.2, 0.25) is 6.01 Å². The Morgan fingerprint density at radius 3 is 1.84 bits per heavy atom. The fourth-order valence-electron chi connectivity index (χ4n) is 1.14. The first-order chi connectivity index (χ1) is 8.54. The lowest BCUT2D eigenvalue weighted by Crippen LogP contribution is -2.45. The molecule has 0 fully saturated rings. The molecular weight excluding hydrogens is 314 g/mol. The molecule has 0 aliphatic carbocycles. The third kappa shape index (κ3) is 2.97.